The van der Waals surface area contributed by atoms with Gasteiger partial charge in [0.05, 0.1) is 0 Å². The molecule has 0 saturated carbocycles. The Morgan fingerprint density at radius 1 is 1.20 bits per heavy atom. The van der Waals surface area contributed by atoms with E-state index in [9.17, 15) is 0 Å². The monoisotopic (exact) mass is 276 g/mol. The summed E-state index contributed by atoms with van der Waals surface area (Å²) in [4.78, 5) is 2.52. The fourth-order valence-electron chi connectivity index (χ4n) is 2.83. The molecule has 2 N–H and O–H groups in total. The zero-order chi connectivity index (χ0) is 14.2. The first-order chi connectivity index (χ1) is 9.81. The van der Waals surface area contributed by atoms with Gasteiger partial charge in [-0.15, -0.1) is 0 Å². The number of piperidine rings is 1. The van der Waals surface area contributed by atoms with Crippen molar-refractivity contribution in [2.45, 2.75) is 32.6 Å². The molecule has 112 valence electrons. The third kappa shape index (κ3) is 4.80. The molecule has 0 aromatic heterocycles. The zero-order valence-corrected chi connectivity index (χ0v) is 12.7. The lowest BCUT2D eigenvalue weighted by atomic mass is 9.94. The van der Waals surface area contributed by atoms with Gasteiger partial charge in [0.1, 0.15) is 12.4 Å². The summed E-state index contributed by atoms with van der Waals surface area (Å²) >= 11 is 0. The number of hydrogen-bond acceptors (Lipinski definition) is 3. The largest absolute Gasteiger partial charge is 0.492 e. The second-order valence-electron chi connectivity index (χ2n) is 5.72. The summed E-state index contributed by atoms with van der Waals surface area (Å²) in [6.45, 7) is 7.30. The van der Waals surface area contributed by atoms with Gasteiger partial charge in [-0.25, -0.2) is 0 Å². The lowest BCUT2D eigenvalue weighted by Gasteiger charge is -2.31. The molecule has 20 heavy (non-hydrogen) atoms. The maximum atomic E-state index is 5.82. The third-order valence-electron chi connectivity index (χ3n) is 4.32. The number of nitrogens with zero attached hydrogens (tertiary/aromatic N) is 1. The molecule has 3 heteroatoms. The standard InChI is InChI=1S/C17H28N2O/c1-2-15-8-11-19(12-9-15)13-14-20-17-5-3-16(4-6-17)7-10-18/h3-6,15H,2,7-14,18H2,1H3. The minimum atomic E-state index is 0.702. The van der Waals surface area contributed by atoms with Crippen molar-refractivity contribution in [3.05, 3.63) is 29.8 Å². The molecular formula is C17H28N2O. The Bertz CT molecular complexity index is 369. The topological polar surface area (TPSA) is 38.5 Å². The Labute approximate surface area is 123 Å². The maximum Gasteiger partial charge on any atom is 0.119 e. The fraction of sp³-hybridized carbons (Fsp3) is 0.647. The number of rotatable bonds is 7. The molecule has 2 rings (SSSR count). The fourth-order valence-corrected chi connectivity index (χ4v) is 2.83. The predicted molar refractivity (Wildman–Crippen MR) is 84.2 cm³/mol. The molecule has 0 unspecified atom stereocenters. The van der Waals surface area contributed by atoms with Crippen LogP contribution < -0.4 is 10.5 Å². The molecule has 1 heterocycles. The summed E-state index contributed by atoms with van der Waals surface area (Å²) in [6.07, 6.45) is 4.97. The van der Waals surface area contributed by atoms with Gasteiger partial charge in [-0.3, -0.25) is 4.90 Å². The highest BCUT2D eigenvalue weighted by molar-refractivity contribution is 5.27. The molecule has 1 aromatic carbocycles. The summed E-state index contributed by atoms with van der Waals surface area (Å²) in [5.74, 6) is 1.91. The molecule has 0 bridgehead atoms. The lowest BCUT2D eigenvalue weighted by molar-refractivity contribution is 0.153. The van der Waals surface area contributed by atoms with Gasteiger partial charge in [0.25, 0.3) is 0 Å². The summed E-state index contributed by atoms with van der Waals surface area (Å²) in [6, 6.07) is 8.31. The van der Waals surface area contributed by atoms with Crippen molar-refractivity contribution in [2.75, 3.05) is 32.8 Å². The molecule has 0 radical (unpaired) electrons. The first kappa shape index (κ1) is 15.3. The molecule has 3 nitrogen and oxygen atoms in total. The quantitative estimate of drug-likeness (QED) is 0.832. The lowest BCUT2D eigenvalue weighted by Crippen LogP contribution is -2.36. The molecule has 0 atom stereocenters. The molecule has 0 aliphatic carbocycles. The van der Waals surface area contributed by atoms with Gasteiger partial charge < -0.3 is 10.5 Å². The molecule has 0 spiro atoms. The second-order valence-corrected chi connectivity index (χ2v) is 5.72. The molecule has 1 fully saturated rings. The van der Waals surface area contributed by atoms with E-state index in [4.69, 9.17) is 10.5 Å². The van der Waals surface area contributed by atoms with Crippen LogP contribution in [-0.2, 0) is 6.42 Å². The number of benzene rings is 1. The van der Waals surface area contributed by atoms with Gasteiger partial charge in [0.2, 0.25) is 0 Å². The van der Waals surface area contributed by atoms with Crippen molar-refractivity contribution in [3.63, 3.8) is 0 Å². The summed E-state index contributed by atoms with van der Waals surface area (Å²) in [5.41, 5.74) is 6.82. The molecule has 1 saturated heterocycles. The molecule has 1 aliphatic rings. The van der Waals surface area contributed by atoms with Gasteiger partial charge >= 0.3 is 0 Å². The summed E-state index contributed by atoms with van der Waals surface area (Å²) in [5, 5.41) is 0. The minimum absolute atomic E-state index is 0.702. The van der Waals surface area contributed by atoms with Crippen molar-refractivity contribution >= 4 is 0 Å². The Hall–Kier alpha value is -1.06. The highest BCUT2D eigenvalue weighted by Gasteiger charge is 2.17. The van der Waals surface area contributed by atoms with E-state index in [1.54, 1.807) is 0 Å². The molecular weight excluding hydrogens is 248 g/mol. The van der Waals surface area contributed by atoms with Gasteiger partial charge in [-0.1, -0.05) is 25.5 Å². The summed E-state index contributed by atoms with van der Waals surface area (Å²) in [7, 11) is 0. The van der Waals surface area contributed by atoms with Crippen molar-refractivity contribution in [1.82, 2.24) is 4.90 Å². The minimum Gasteiger partial charge on any atom is -0.492 e. The Balaban J connectivity index is 1.65. The van der Waals surface area contributed by atoms with Gasteiger partial charge in [-0.05, 0) is 62.5 Å². The number of nitrogens with two attached hydrogens (primary N) is 1. The summed E-state index contributed by atoms with van der Waals surface area (Å²) < 4.78 is 5.82. The van der Waals surface area contributed by atoms with E-state index in [0.717, 1.165) is 31.2 Å². The number of likely N-dealkylation sites (tertiary alicyclic amines) is 1. The van der Waals surface area contributed by atoms with Crippen molar-refractivity contribution < 1.29 is 4.74 Å². The Morgan fingerprint density at radius 2 is 1.90 bits per heavy atom. The van der Waals surface area contributed by atoms with Crippen LogP contribution in [-0.4, -0.2) is 37.7 Å². The van der Waals surface area contributed by atoms with Crippen molar-refractivity contribution in [3.8, 4) is 5.75 Å². The van der Waals surface area contributed by atoms with E-state index in [1.807, 2.05) is 12.1 Å². The van der Waals surface area contributed by atoms with Gasteiger partial charge in [-0.2, -0.15) is 0 Å². The SMILES string of the molecule is CCC1CCN(CCOc2ccc(CCN)cc2)CC1. The predicted octanol–water partition coefficient (Wildman–Crippen LogP) is 2.69. The van der Waals surface area contributed by atoms with E-state index in [1.165, 1.54) is 37.9 Å². The molecule has 1 aliphatic heterocycles. The number of ether oxygens (including phenoxy) is 1. The molecule has 0 amide bonds. The van der Waals surface area contributed by atoms with Gasteiger partial charge in [0.15, 0.2) is 0 Å². The van der Waals surface area contributed by atoms with Crippen LogP contribution in [0.5, 0.6) is 5.75 Å². The Morgan fingerprint density at radius 3 is 2.50 bits per heavy atom. The van der Waals surface area contributed by atoms with Crippen LogP contribution >= 0.6 is 0 Å². The van der Waals surface area contributed by atoms with Crippen LogP contribution in [0.2, 0.25) is 0 Å². The normalized spacial score (nSPS) is 17.3. The van der Waals surface area contributed by atoms with E-state index in [-0.39, 0.29) is 0 Å². The average Bonchev–Trinajstić information content (AvgIpc) is 2.50. The van der Waals surface area contributed by atoms with E-state index < -0.39 is 0 Å². The first-order valence-electron chi connectivity index (χ1n) is 7.96. The second kappa shape index (κ2) is 8.28. The van der Waals surface area contributed by atoms with Crippen molar-refractivity contribution in [1.29, 1.82) is 0 Å². The van der Waals surface area contributed by atoms with E-state index in [0.29, 0.717) is 6.54 Å². The zero-order valence-electron chi connectivity index (χ0n) is 12.7. The van der Waals surface area contributed by atoms with Crippen LogP contribution in [0.25, 0.3) is 0 Å². The first-order valence-corrected chi connectivity index (χ1v) is 7.96. The van der Waals surface area contributed by atoms with Crippen LogP contribution in [0.4, 0.5) is 0 Å². The maximum absolute atomic E-state index is 5.82. The van der Waals surface area contributed by atoms with Crippen LogP contribution in [0.1, 0.15) is 31.7 Å². The van der Waals surface area contributed by atoms with E-state index in [2.05, 4.69) is 24.0 Å². The average molecular weight is 276 g/mol. The Kier molecular flexibility index (Phi) is 6.34. The smallest absolute Gasteiger partial charge is 0.119 e. The van der Waals surface area contributed by atoms with Crippen LogP contribution in [0.3, 0.4) is 0 Å². The highest BCUT2D eigenvalue weighted by Crippen LogP contribution is 2.19. The van der Waals surface area contributed by atoms with Gasteiger partial charge in [0, 0.05) is 6.54 Å². The molecule has 1 aromatic rings. The van der Waals surface area contributed by atoms with Crippen LogP contribution in [0, 0.1) is 5.92 Å². The highest BCUT2D eigenvalue weighted by atomic mass is 16.5. The number of hydrogen-bond donors (Lipinski definition) is 1. The van der Waals surface area contributed by atoms with E-state index >= 15 is 0 Å². The van der Waals surface area contributed by atoms with Crippen molar-refractivity contribution in [2.24, 2.45) is 11.7 Å². The van der Waals surface area contributed by atoms with Crippen LogP contribution in [0.15, 0.2) is 24.3 Å². The third-order valence-corrected chi connectivity index (χ3v) is 4.32.